The van der Waals surface area contributed by atoms with Crippen molar-refractivity contribution in [1.82, 2.24) is 20.2 Å². The normalized spacial score (nSPS) is 15.9. The molecule has 2 heterocycles. The number of tetrazole rings is 1. The van der Waals surface area contributed by atoms with Crippen LogP contribution < -0.4 is 10.1 Å². The van der Waals surface area contributed by atoms with E-state index >= 15 is 0 Å². The molecule has 0 amide bonds. The lowest BCUT2D eigenvalue weighted by Gasteiger charge is -2.27. The van der Waals surface area contributed by atoms with Crippen LogP contribution in [0.5, 0.6) is 5.75 Å². The van der Waals surface area contributed by atoms with Gasteiger partial charge in [0, 0.05) is 11.8 Å². The van der Waals surface area contributed by atoms with E-state index in [2.05, 4.69) is 20.8 Å². The summed E-state index contributed by atoms with van der Waals surface area (Å²) in [6.07, 6.45) is 0. The van der Waals surface area contributed by atoms with Crippen molar-refractivity contribution in [3.63, 3.8) is 0 Å². The van der Waals surface area contributed by atoms with Gasteiger partial charge in [-0.2, -0.15) is 4.68 Å². The molecular weight excluding hydrogens is 344 g/mol. The SMILES string of the molecule is CCOC(=O)C1=C(C)Nc2nnnn2C1c1ccc(OC)c([N+](=O)[O-])c1. The van der Waals surface area contributed by atoms with Gasteiger partial charge in [0.2, 0.25) is 5.95 Å². The van der Waals surface area contributed by atoms with E-state index in [9.17, 15) is 14.9 Å². The van der Waals surface area contributed by atoms with Crippen LogP contribution in [-0.4, -0.2) is 44.8 Å². The van der Waals surface area contributed by atoms with E-state index in [1.54, 1.807) is 19.9 Å². The molecule has 0 saturated heterocycles. The summed E-state index contributed by atoms with van der Waals surface area (Å²) in [6, 6.07) is 3.66. The number of carbonyl (C=O) groups is 1. The Bertz CT molecular complexity index is 906. The first-order chi connectivity index (χ1) is 12.5. The molecule has 1 aromatic heterocycles. The second-order valence-electron chi connectivity index (χ2n) is 5.42. The van der Waals surface area contributed by atoms with Gasteiger partial charge in [-0.25, -0.2) is 4.79 Å². The Balaban J connectivity index is 2.18. The number of methoxy groups -OCH3 is 1. The minimum Gasteiger partial charge on any atom is -0.490 e. The third kappa shape index (κ3) is 2.83. The third-order valence-corrected chi connectivity index (χ3v) is 3.92. The predicted octanol–water partition coefficient (Wildman–Crippen LogP) is 1.44. The smallest absolute Gasteiger partial charge is 0.338 e. The summed E-state index contributed by atoms with van der Waals surface area (Å²) >= 11 is 0. The predicted molar refractivity (Wildman–Crippen MR) is 88.6 cm³/mol. The Kier molecular flexibility index (Phi) is 4.52. The number of hydrogen-bond acceptors (Lipinski definition) is 9. The monoisotopic (exact) mass is 360 g/mol. The molecule has 1 aliphatic heterocycles. The van der Waals surface area contributed by atoms with E-state index in [1.165, 1.54) is 23.9 Å². The van der Waals surface area contributed by atoms with E-state index in [0.29, 0.717) is 17.2 Å². The Morgan fingerprint density at radius 2 is 2.23 bits per heavy atom. The summed E-state index contributed by atoms with van der Waals surface area (Å²) in [4.78, 5) is 23.3. The van der Waals surface area contributed by atoms with E-state index < -0.39 is 16.9 Å². The van der Waals surface area contributed by atoms with Crippen LogP contribution in [0.4, 0.5) is 11.6 Å². The van der Waals surface area contributed by atoms with Crippen molar-refractivity contribution in [3.8, 4) is 5.75 Å². The maximum Gasteiger partial charge on any atom is 0.338 e. The van der Waals surface area contributed by atoms with E-state index in [1.807, 2.05) is 0 Å². The third-order valence-electron chi connectivity index (χ3n) is 3.92. The summed E-state index contributed by atoms with van der Waals surface area (Å²) in [6.45, 7) is 3.57. The van der Waals surface area contributed by atoms with Crippen molar-refractivity contribution in [2.24, 2.45) is 0 Å². The molecule has 0 aliphatic carbocycles. The largest absolute Gasteiger partial charge is 0.490 e. The van der Waals surface area contributed by atoms with Crippen molar-refractivity contribution in [2.75, 3.05) is 19.0 Å². The van der Waals surface area contributed by atoms with Gasteiger partial charge in [0.05, 0.1) is 24.2 Å². The van der Waals surface area contributed by atoms with Crippen LogP contribution in [0.25, 0.3) is 0 Å². The first-order valence-corrected chi connectivity index (χ1v) is 7.73. The summed E-state index contributed by atoms with van der Waals surface area (Å²) in [5.74, 6) is -0.121. The molecule has 3 rings (SSSR count). The Hall–Kier alpha value is -3.50. The van der Waals surface area contributed by atoms with Gasteiger partial charge >= 0.3 is 11.7 Å². The Labute approximate surface area is 147 Å². The van der Waals surface area contributed by atoms with E-state index in [-0.39, 0.29) is 23.6 Å². The van der Waals surface area contributed by atoms with Crippen LogP contribution in [0.1, 0.15) is 25.5 Å². The van der Waals surface area contributed by atoms with Crippen LogP contribution in [0.2, 0.25) is 0 Å². The molecular formula is C15H16N6O5. The lowest BCUT2D eigenvalue weighted by atomic mass is 9.95. The van der Waals surface area contributed by atoms with Crippen LogP contribution in [0.15, 0.2) is 29.5 Å². The van der Waals surface area contributed by atoms with E-state index in [0.717, 1.165) is 0 Å². The fraction of sp³-hybridized carbons (Fsp3) is 0.333. The van der Waals surface area contributed by atoms with Gasteiger partial charge in [0.25, 0.3) is 0 Å². The first kappa shape index (κ1) is 17.3. The van der Waals surface area contributed by atoms with Crippen molar-refractivity contribution in [2.45, 2.75) is 19.9 Å². The molecule has 11 heteroatoms. The van der Waals surface area contributed by atoms with Crippen molar-refractivity contribution in [1.29, 1.82) is 0 Å². The average molecular weight is 360 g/mol. The molecule has 1 atom stereocenters. The van der Waals surface area contributed by atoms with Crippen molar-refractivity contribution < 1.29 is 19.2 Å². The highest BCUT2D eigenvalue weighted by atomic mass is 16.6. The topological polar surface area (TPSA) is 134 Å². The standard InChI is InChI=1S/C15H16N6O5/c1-4-26-14(22)12-8(2)16-15-17-18-19-20(15)13(12)9-5-6-11(25-3)10(7-9)21(23)24/h5-7,13H,4H2,1-3H3,(H,16,17,19). The zero-order chi connectivity index (χ0) is 18.8. The number of nitrogens with one attached hydrogen (secondary N) is 1. The van der Waals surface area contributed by atoms with Crippen molar-refractivity contribution >= 4 is 17.6 Å². The van der Waals surface area contributed by atoms with Crippen molar-refractivity contribution in [3.05, 3.63) is 45.1 Å². The first-order valence-electron chi connectivity index (χ1n) is 7.73. The zero-order valence-corrected chi connectivity index (χ0v) is 14.3. The van der Waals surface area contributed by atoms with Crippen LogP contribution in [0.3, 0.4) is 0 Å². The number of fused-ring (bicyclic) bond motifs is 1. The fourth-order valence-corrected chi connectivity index (χ4v) is 2.81. The molecule has 1 aliphatic rings. The van der Waals surface area contributed by atoms with Crippen LogP contribution in [-0.2, 0) is 9.53 Å². The molecule has 0 saturated carbocycles. The minimum atomic E-state index is -0.773. The Morgan fingerprint density at radius 1 is 1.46 bits per heavy atom. The second kappa shape index (κ2) is 6.78. The number of nitro benzene ring substituents is 1. The number of nitro groups is 1. The number of nitrogens with zero attached hydrogens (tertiary/aromatic N) is 5. The molecule has 1 aromatic carbocycles. The summed E-state index contributed by atoms with van der Waals surface area (Å²) in [5, 5.41) is 25.7. The highest BCUT2D eigenvalue weighted by molar-refractivity contribution is 5.92. The average Bonchev–Trinajstić information content (AvgIpc) is 3.07. The van der Waals surface area contributed by atoms with Gasteiger partial charge < -0.3 is 14.8 Å². The number of anilines is 1. The minimum absolute atomic E-state index is 0.114. The van der Waals surface area contributed by atoms with Crippen LogP contribution in [0, 0.1) is 10.1 Å². The summed E-state index contributed by atoms with van der Waals surface area (Å²) in [7, 11) is 1.35. The molecule has 1 unspecified atom stereocenters. The quantitative estimate of drug-likeness (QED) is 0.477. The number of benzene rings is 1. The maximum absolute atomic E-state index is 12.5. The van der Waals surface area contributed by atoms with E-state index in [4.69, 9.17) is 9.47 Å². The van der Waals surface area contributed by atoms with Gasteiger partial charge in [-0.1, -0.05) is 11.2 Å². The Morgan fingerprint density at radius 3 is 2.88 bits per heavy atom. The number of aromatic nitrogens is 4. The molecule has 26 heavy (non-hydrogen) atoms. The maximum atomic E-state index is 12.5. The molecule has 0 radical (unpaired) electrons. The fourth-order valence-electron chi connectivity index (χ4n) is 2.81. The van der Waals surface area contributed by atoms with Crippen LogP contribution >= 0.6 is 0 Å². The lowest BCUT2D eigenvalue weighted by Crippen LogP contribution is -2.29. The molecule has 2 aromatic rings. The number of esters is 1. The van der Waals surface area contributed by atoms with Gasteiger partial charge in [-0.3, -0.25) is 10.1 Å². The zero-order valence-electron chi connectivity index (χ0n) is 14.3. The molecule has 11 nitrogen and oxygen atoms in total. The highest BCUT2D eigenvalue weighted by Gasteiger charge is 2.36. The van der Waals surface area contributed by atoms with Gasteiger partial charge in [-0.05, 0) is 35.9 Å². The summed E-state index contributed by atoms with van der Waals surface area (Å²) < 4.78 is 11.6. The van der Waals surface area contributed by atoms with Gasteiger partial charge in [0.15, 0.2) is 5.75 Å². The molecule has 0 fully saturated rings. The summed E-state index contributed by atoms with van der Waals surface area (Å²) in [5.41, 5.74) is 1.01. The van der Waals surface area contributed by atoms with Gasteiger partial charge in [0.1, 0.15) is 6.04 Å². The second-order valence-corrected chi connectivity index (χ2v) is 5.42. The number of rotatable bonds is 5. The number of carbonyl (C=O) groups excluding carboxylic acids is 1. The van der Waals surface area contributed by atoms with Gasteiger partial charge in [-0.15, -0.1) is 0 Å². The molecule has 1 N–H and O–H groups in total. The number of allylic oxidation sites excluding steroid dienone is 1. The number of hydrogen-bond donors (Lipinski definition) is 1. The molecule has 0 spiro atoms. The molecule has 0 bridgehead atoms. The number of ether oxygens (including phenoxy) is 2. The highest BCUT2D eigenvalue weighted by Crippen LogP contribution is 2.38. The molecule has 136 valence electrons. The lowest BCUT2D eigenvalue weighted by molar-refractivity contribution is -0.385.